The van der Waals surface area contributed by atoms with Crippen LogP contribution in [0.5, 0.6) is 0 Å². The monoisotopic (exact) mass is 346 g/mol. The number of hydrogen-bond acceptors (Lipinski definition) is 2. The smallest absolute Gasteiger partial charge is 0.224 e. The maximum absolute atomic E-state index is 12.5. The Labute approximate surface area is 155 Å². The van der Waals surface area contributed by atoms with E-state index >= 15 is 0 Å². The van der Waals surface area contributed by atoms with E-state index < -0.39 is 0 Å². The van der Waals surface area contributed by atoms with Crippen LogP contribution in [0.3, 0.4) is 0 Å². The highest BCUT2D eigenvalue weighted by atomic mass is 16.1. The van der Waals surface area contributed by atoms with Crippen molar-refractivity contribution in [3.05, 3.63) is 59.7 Å². The van der Waals surface area contributed by atoms with E-state index in [0.29, 0.717) is 12.3 Å². The number of carbonyl (C=O) groups is 1. The summed E-state index contributed by atoms with van der Waals surface area (Å²) in [7, 11) is 0. The van der Waals surface area contributed by atoms with Crippen molar-refractivity contribution in [2.75, 3.05) is 10.2 Å². The topological polar surface area (TPSA) is 32.3 Å². The van der Waals surface area contributed by atoms with Crippen molar-refractivity contribution in [3.63, 3.8) is 0 Å². The van der Waals surface area contributed by atoms with E-state index in [1.54, 1.807) is 0 Å². The molecule has 0 aromatic heterocycles. The van der Waals surface area contributed by atoms with E-state index in [4.69, 9.17) is 0 Å². The molecule has 2 bridgehead atoms. The lowest BCUT2D eigenvalue weighted by atomic mass is 9.86. The fraction of sp³-hybridized carbons (Fsp3) is 0.435. The third-order valence-corrected chi connectivity index (χ3v) is 6.67. The van der Waals surface area contributed by atoms with E-state index in [0.717, 1.165) is 30.6 Å². The summed E-state index contributed by atoms with van der Waals surface area (Å²) < 4.78 is 0. The molecule has 1 heterocycles. The molecule has 1 amide bonds. The van der Waals surface area contributed by atoms with Gasteiger partial charge in [-0.05, 0) is 66.3 Å². The van der Waals surface area contributed by atoms with Gasteiger partial charge in [0.15, 0.2) is 0 Å². The Morgan fingerprint density at radius 3 is 2.50 bits per heavy atom. The number of fused-ring (bicyclic) bond motifs is 3. The van der Waals surface area contributed by atoms with Gasteiger partial charge in [-0.3, -0.25) is 4.79 Å². The van der Waals surface area contributed by atoms with Crippen LogP contribution in [0, 0.1) is 17.8 Å². The molecule has 3 aliphatic rings. The minimum absolute atomic E-state index is 0.185. The largest absolute Gasteiger partial charge is 0.363 e. The molecule has 1 aliphatic heterocycles. The van der Waals surface area contributed by atoms with Gasteiger partial charge in [-0.25, -0.2) is 0 Å². The van der Waals surface area contributed by atoms with E-state index in [1.807, 2.05) is 12.1 Å². The molecule has 2 aromatic carbocycles. The Morgan fingerprint density at radius 1 is 1.00 bits per heavy atom. The number of benzene rings is 2. The maximum atomic E-state index is 12.5. The van der Waals surface area contributed by atoms with Gasteiger partial charge >= 0.3 is 0 Å². The van der Waals surface area contributed by atoms with Crippen molar-refractivity contribution in [1.29, 1.82) is 0 Å². The fourth-order valence-corrected chi connectivity index (χ4v) is 5.37. The molecule has 0 unspecified atom stereocenters. The summed E-state index contributed by atoms with van der Waals surface area (Å²) >= 11 is 0. The SMILES string of the molecule is O=C(C[C@H]1C[C@H]2CC[C@@H]1C2)Nc1cccc(N2Cc3ccccc3C2)c1. The fourth-order valence-electron chi connectivity index (χ4n) is 5.37. The van der Waals surface area contributed by atoms with Crippen LogP contribution in [0.25, 0.3) is 0 Å². The first kappa shape index (κ1) is 15.9. The van der Waals surface area contributed by atoms with E-state index in [1.165, 1.54) is 42.5 Å². The highest BCUT2D eigenvalue weighted by Crippen LogP contribution is 2.49. The molecule has 5 rings (SSSR count). The third kappa shape index (κ3) is 3.00. The number of nitrogens with zero attached hydrogens (tertiary/aromatic N) is 1. The first-order chi connectivity index (χ1) is 12.7. The quantitative estimate of drug-likeness (QED) is 0.847. The molecule has 1 N–H and O–H groups in total. The number of anilines is 2. The first-order valence-electron chi connectivity index (χ1n) is 9.96. The molecule has 3 nitrogen and oxygen atoms in total. The second-order valence-electron chi connectivity index (χ2n) is 8.36. The maximum Gasteiger partial charge on any atom is 0.224 e. The minimum atomic E-state index is 0.185. The Balaban J connectivity index is 1.23. The molecular weight excluding hydrogens is 320 g/mol. The van der Waals surface area contributed by atoms with Gasteiger partial charge in [-0.1, -0.05) is 36.8 Å². The van der Waals surface area contributed by atoms with Crippen LogP contribution in [0.15, 0.2) is 48.5 Å². The van der Waals surface area contributed by atoms with Gasteiger partial charge in [0, 0.05) is 30.9 Å². The van der Waals surface area contributed by atoms with Gasteiger partial charge in [-0.2, -0.15) is 0 Å². The first-order valence-corrected chi connectivity index (χ1v) is 9.96. The van der Waals surface area contributed by atoms with Gasteiger partial charge in [0.2, 0.25) is 5.91 Å². The van der Waals surface area contributed by atoms with Crippen LogP contribution in [0.2, 0.25) is 0 Å². The average Bonchev–Trinajstić information content (AvgIpc) is 3.36. The highest BCUT2D eigenvalue weighted by Gasteiger charge is 2.40. The van der Waals surface area contributed by atoms with E-state index in [2.05, 4.69) is 46.6 Å². The van der Waals surface area contributed by atoms with Crippen LogP contribution in [-0.4, -0.2) is 5.91 Å². The molecule has 3 heteroatoms. The van der Waals surface area contributed by atoms with Gasteiger partial charge in [-0.15, -0.1) is 0 Å². The van der Waals surface area contributed by atoms with Crippen molar-refractivity contribution < 1.29 is 4.79 Å². The van der Waals surface area contributed by atoms with Crippen LogP contribution in [0.4, 0.5) is 11.4 Å². The summed E-state index contributed by atoms with van der Waals surface area (Å²) in [5.74, 6) is 2.51. The van der Waals surface area contributed by atoms with E-state index in [9.17, 15) is 4.79 Å². The van der Waals surface area contributed by atoms with Crippen molar-refractivity contribution in [2.24, 2.45) is 17.8 Å². The number of nitrogens with one attached hydrogen (secondary N) is 1. The lowest BCUT2D eigenvalue weighted by molar-refractivity contribution is -0.117. The zero-order chi connectivity index (χ0) is 17.5. The number of carbonyl (C=O) groups excluding carboxylic acids is 1. The molecule has 26 heavy (non-hydrogen) atoms. The Kier molecular flexibility index (Phi) is 3.96. The van der Waals surface area contributed by atoms with Crippen LogP contribution in [0.1, 0.15) is 43.2 Å². The van der Waals surface area contributed by atoms with Gasteiger partial charge in [0.25, 0.3) is 0 Å². The van der Waals surface area contributed by atoms with Crippen molar-refractivity contribution in [2.45, 2.75) is 45.2 Å². The lowest BCUT2D eigenvalue weighted by Crippen LogP contribution is -2.20. The second kappa shape index (κ2) is 6.46. The second-order valence-corrected chi connectivity index (χ2v) is 8.36. The number of amides is 1. The zero-order valence-electron chi connectivity index (χ0n) is 15.2. The highest BCUT2D eigenvalue weighted by molar-refractivity contribution is 5.91. The summed E-state index contributed by atoms with van der Waals surface area (Å²) in [5.41, 5.74) is 4.90. The predicted molar refractivity (Wildman–Crippen MR) is 105 cm³/mol. The normalized spacial score (nSPS) is 26.2. The molecular formula is C23H26N2O. The summed E-state index contributed by atoms with van der Waals surface area (Å²) in [4.78, 5) is 14.9. The number of hydrogen-bond donors (Lipinski definition) is 1. The molecule has 0 spiro atoms. The summed E-state index contributed by atoms with van der Waals surface area (Å²) in [6.07, 6.45) is 6.06. The van der Waals surface area contributed by atoms with Crippen molar-refractivity contribution >= 4 is 17.3 Å². The molecule has 2 saturated carbocycles. The molecule has 2 aromatic rings. The Hall–Kier alpha value is -2.29. The van der Waals surface area contributed by atoms with Gasteiger partial charge in [0.1, 0.15) is 0 Å². The molecule has 2 fully saturated rings. The molecule has 3 atom stereocenters. The average molecular weight is 346 g/mol. The lowest BCUT2D eigenvalue weighted by Gasteiger charge is -2.21. The summed E-state index contributed by atoms with van der Waals surface area (Å²) in [6, 6.07) is 16.9. The molecule has 134 valence electrons. The van der Waals surface area contributed by atoms with Crippen molar-refractivity contribution in [3.8, 4) is 0 Å². The minimum Gasteiger partial charge on any atom is -0.363 e. The Bertz CT molecular complexity index is 805. The Morgan fingerprint density at radius 2 is 1.81 bits per heavy atom. The van der Waals surface area contributed by atoms with Crippen LogP contribution < -0.4 is 10.2 Å². The van der Waals surface area contributed by atoms with Crippen molar-refractivity contribution in [1.82, 2.24) is 0 Å². The van der Waals surface area contributed by atoms with Crippen LogP contribution in [-0.2, 0) is 17.9 Å². The summed E-state index contributed by atoms with van der Waals surface area (Å²) in [5, 5.41) is 3.15. The van der Waals surface area contributed by atoms with Gasteiger partial charge in [0.05, 0.1) is 0 Å². The molecule has 2 aliphatic carbocycles. The van der Waals surface area contributed by atoms with Gasteiger partial charge < -0.3 is 10.2 Å². The molecule has 0 saturated heterocycles. The summed E-state index contributed by atoms with van der Waals surface area (Å²) in [6.45, 7) is 1.89. The molecule has 0 radical (unpaired) electrons. The standard InChI is InChI=1S/C23H26N2O/c26-23(12-20-11-16-8-9-17(20)10-16)24-21-6-3-7-22(13-21)25-14-18-4-1-2-5-19(18)15-25/h1-7,13,16-17,20H,8-12,14-15H2,(H,24,26)/t16-,17+,20+/m0/s1. The van der Waals surface area contributed by atoms with Crippen LogP contribution >= 0.6 is 0 Å². The predicted octanol–water partition coefficient (Wildman–Crippen LogP) is 4.97. The number of rotatable bonds is 4. The van der Waals surface area contributed by atoms with E-state index in [-0.39, 0.29) is 5.91 Å². The third-order valence-electron chi connectivity index (χ3n) is 6.67. The zero-order valence-corrected chi connectivity index (χ0v) is 15.2.